The van der Waals surface area contributed by atoms with Crippen LogP contribution in [0.15, 0.2) is 18.3 Å². The summed E-state index contributed by atoms with van der Waals surface area (Å²) in [5.41, 5.74) is 3.51. The van der Waals surface area contributed by atoms with Crippen LogP contribution in [-0.2, 0) is 20.1 Å². The van der Waals surface area contributed by atoms with E-state index in [9.17, 15) is 4.79 Å². The molecular formula is C19H29N7O. The van der Waals surface area contributed by atoms with Crippen LogP contribution in [0.25, 0.3) is 0 Å². The van der Waals surface area contributed by atoms with Gasteiger partial charge in [0, 0.05) is 52.5 Å². The highest BCUT2D eigenvalue weighted by molar-refractivity contribution is 5.74. The molecule has 27 heavy (non-hydrogen) atoms. The Morgan fingerprint density at radius 3 is 2.89 bits per heavy atom. The molecule has 8 nitrogen and oxygen atoms in total. The molecule has 8 heteroatoms. The fraction of sp³-hybridized carbons (Fsp3) is 0.632. The number of urea groups is 1. The topological polar surface area (TPSA) is 71.2 Å². The molecule has 0 aliphatic carbocycles. The first kappa shape index (κ1) is 18.0. The molecule has 0 aromatic carbocycles. The van der Waals surface area contributed by atoms with Gasteiger partial charge < -0.3 is 10.2 Å². The fourth-order valence-corrected chi connectivity index (χ4v) is 4.22. The fourth-order valence-electron chi connectivity index (χ4n) is 4.22. The van der Waals surface area contributed by atoms with Gasteiger partial charge in [0.2, 0.25) is 0 Å². The van der Waals surface area contributed by atoms with E-state index in [-0.39, 0.29) is 12.1 Å². The third kappa shape index (κ3) is 4.00. The average Bonchev–Trinajstić information content (AvgIpc) is 3.37. The number of hydrogen-bond acceptors (Lipinski definition) is 4. The number of fused-ring (bicyclic) bond motifs is 1. The second kappa shape index (κ2) is 7.72. The normalized spacial score (nSPS) is 20.1. The van der Waals surface area contributed by atoms with Crippen molar-refractivity contribution in [3.8, 4) is 0 Å². The molecule has 4 rings (SSSR count). The lowest BCUT2D eigenvalue weighted by molar-refractivity contribution is 0.157. The molecule has 0 bridgehead atoms. The lowest BCUT2D eigenvalue weighted by atomic mass is 10.1. The summed E-state index contributed by atoms with van der Waals surface area (Å²) in [5.74, 6) is 0. The molecule has 0 saturated carbocycles. The van der Waals surface area contributed by atoms with Crippen LogP contribution in [0.3, 0.4) is 0 Å². The van der Waals surface area contributed by atoms with E-state index < -0.39 is 0 Å². The summed E-state index contributed by atoms with van der Waals surface area (Å²) >= 11 is 0. The largest absolute Gasteiger partial charge is 0.338 e. The Bertz CT molecular complexity index is 790. The summed E-state index contributed by atoms with van der Waals surface area (Å²) in [6.45, 7) is 7.17. The van der Waals surface area contributed by atoms with Gasteiger partial charge in [0.15, 0.2) is 0 Å². The highest BCUT2D eigenvalue weighted by atomic mass is 16.2. The third-order valence-corrected chi connectivity index (χ3v) is 5.58. The van der Waals surface area contributed by atoms with Crippen molar-refractivity contribution in [3.05, 3.63) is 35.4 Å². The molecular weight excluding hydrogens is 342 g/mol. The second-order valence-corrected chi connectivity index (χ2v) is 7.71. The van der Waals surface area contributed by atoms with Crippen LogP contribution < -0.4 is 5.32 Å². The highest BCUT2D eigenvalue weighted by Crippen LogP contribution is 2.24. The zero-order valence-electron chi connectivity index (χ0n) is 16.3. The molecule has 0 spiro atoms. The number of carbonyl (C=O) groups excluding carboxylic acids is 1. The first-order valence-electron chi connectivity index (χ1n) is 9.87. The first-order valence-corrected chi connectivity index (χ1v) is 9.87. The van der Waals surface area contributed by atoms with E-state index in [2.05, 4.69) is 37.2 Å². The lowest BCUT2D eigenvalue weighted by Crippen LogP contribution is -2.41. The van der Waals surface area contributed by atoms with Crippen molar-refractivity contribution in [2.75, 3.05) is 26.2 Å². The number of nitrogens with zero attached hydrogens (tertiary/aromatic N) is 6. The molecule has 2 aromatic rings. The van der Waals surface area contributed by atoms with E-state index in [1.807, 2.05) is 29.7 Å². The Morgan fingerprint density at radius 2 is 2.15 bits per heavy atom. The van der Waals surface area contributed by atoms with E-state index in [0.717, 1.165) is 57.7 Å². The van der Waals surface area contributed by atoms with E-state index in [4.69, 9.17) is 0 Å². The number of aromatic nitrogens is 4. The second-order valence-electron chi connectivity index (χ2n) is 7.71. The van der Waals surface area contributed by atoms with Crippen molar-refractivity contribution in [1.82, 2.24) is 34.7 Å². The Labute approximate surface area is 160 Å². The van der Waals surface area contributed by atoms with Gasteiger partial charge in [0.25, 0.3) is 0 Å². The van der Waals surface area contributed by atoms with Crippen LogP contribution in [0.1, 0.15) is 42.4 Å². The molecule has 0 radical (unpaired) electrons. The predicted octanol–water partition coefficient (Wildman–Crippen LogP) is 1.68. The molecule has 2 amide bonds. The summed E-state index contributed by atoms with van der Waals surface area (Å²) in [6.07, 6.45) is 5.00. The standard InChI is InChI=1S/C19H29N7O/c1-15-11-18(23(2)22-15)14-24-12-16(26-17(13-24)6-8-21-26)5-7-20-19(27)25-9-3-4-10-25/h6,8,11,16H,3-5,7,9-10,12-14H2,1-2H3,(H,20,27)/t16-/m0/s1. The van der Waals surface area contributed by atoms with Crippen molar-refractivity contribution in [1.29, 1.82) is 0 Å². The average molecular weight is 371 g/mol. The lowest BCUT2D eigenvalue weighted by Gasteiger charge is -2.34. The SMILES string of the molecule is Cc1cc(CN2Cc3ccnn3[C@@H](CCNC(=O)N3CCCC3)C2)n(C)n1. The van der Waals surface area contributed by atoms with Crippen LogP contribution >= 0.6 is 0 Å². The maximum atomic E-state index is 12.2. The number of carbonyl (C=O) groups is 1. The molecule has 1 fully saturated rings. The van der Waals surface area contributed by atoms with Crippen molar-refractivity contribution in [2.24, 2.45) is 7.05 Å². The molecule has 1 N–H and O–H groups in total. The van der Waals surface area contributed by atoms with Gasteiger partial charge in [-0.1, -0.05) is 0 Å². The number of amides is 2. The number of rotatable bonds is 5. The van der Waals surface area contributed by atoms with Crippen LogP contribution in [0.2, 0.25) is 0 Å². The van der Waals surface area contributed by atoms with Crippen LogP contribution in [0, 0.1) is 6.92 Å². The predicted molar refractivity (Wildman–Crippen MR) is 102 cm³/mol. The molecule has 1 atom stereocenters. The Kier molecular flexibility index (Phi) is 5.15. The summed E-state index contributed by atoms with van der Waals surface area (Å²) < 4.78 is 4.10. The first-order chi connectivity index (χ1) is 13.1. The Hall–Kier alpha value is -2.35. The van der Waals surface area contributed by atoms with Crippen molar-refractivity contribution in [2.45, 2.75) is 45.3 Å². The number of nitrogens with one attached hydrogen (secondary N) is 1. The van der Waals surface area contributed by atoms with E-state index in [1.165, 1.54) is 11.4 Å². The van der Waals surface area contributed by atoms with Crippen molar-refractivity contribution in [3.63, 3.8) is 0 Å². The molecule has 1 saturated heterocycles. The number of likely N-dealkylation sites (tertiary alicyclic amines) is 1. The van der Waals surface area contributed by atoms with Crippen LogP contribution in [0.4, 0.5) is 4.79 Å². The van der Waals surface area contributed by atoms with Gasteiger partial charge >= 0.3 is 6.03 Å². The minimum atomic E-state index is 0.0752. The van der Waals surface area contributed by atoms with Gasteiger partial charge in [-0.3, -0.25) is 14.3 Å². The van der Waals surface area contributed by atoms with Gasteiger partial charge in [-0.05, 0) is 38.3 Å². The number of hydrogen-bond donors (Lipinski definition) is 1. The summed E-state index contributed by atoms with van der Waals surface area (Å²) in [4.78, 5) is 16.6. The minimum Gasteiger partial charge on any atom is -0.338 e. The van der Waals surface area contributed by atoms with E-state index in [0.29, 0.717) is 6.54 Å². The zero-order chi connectivity index (χ0) is 18.8. The maximum absolute atomic E-state index is 12.2. The maximum Gasteiger partial charge on any atom is 0.317 e. The summed E-state index contributed by atoms with van der Waals surface area (Å²) in [7, 11) is 2.00. The van der Waals surface area contributed by atoms with Crippen LogP contribution in [-0.4, -0.2) is 61.6 Å². The third-order valence-electron chi connectivity index (χ3n) is 5.58. The zero-order valence-corrected chi connectivity index (χ0v) is 16.3. The molecule has 2 aromatic heterocycles. The van der Waals surface area contributed by atoms with Gasteiger partial charge in [0.05, 0.1) is 23.1 Å². The van der Waals surface area contributed by atoms with Gasteiger partial charge in [0.1, 0.15) is 0 Å². The highest BCUT2D eigenvalue weighted by Gasteiger charge is 2.26. The molecule has 2 aliphatic rings. The van der Waals surface area contributed by atoms with E-state index in [1.54, 1.807) is 0 Å². The van der Waals surface area contributed by atoms with Crippen molar-refractivity contribution >= 4 is 6.03 Å². The van der Waals surface area contributed by atoms with Gasteiger partial charge in [-0.25, -0.2) is 4.79 Å². The molecule has 4 heterocycles. The van der Waals surface area contributed by atoms with E-state index >= 15 is 0 Å². The number of aryl methyl sites for hydroxylation is 2. The summed E-state index contributed by atoms with van der Waals surface area (Å²) in [5, 5.41) is 12.1. The smallest absolute Gasteiger partial charge is 0.317 e. The van der Waals surface area contributed by atoms with Gasteiger partial charge in [-0.15, -0.1) is 0 Å². The quantitative estimate of drug-likeness (QED) is 0.868. The molecule has 2 aliphatic heterocycles. The molecule has 146 valence electrons. The Morgan fingerprint density at radius 1 is 1.33 bits per heavy atom. The molecule has 0 unspecified atom stereocenters. The summed E-state index contributed by atoms with van der Waals surface area (Å²) in [6, 6.07) is 4.59. The Balaban J connectivity index is 1.36. The van der Waals surface area contributed by atoms with Gasteiger partial charge in [-0.2, -0.15) is 10.2 Å². The minimum absolute atomic E-state index is 0.0752. The van der Waals surface area contributed by atoms with Crippen LogP contribution in [0.5, 0.6) is 0 Å². The van der Waals surface area contributed by atoms with Crippen molar-refractivity contribution < 1.29 is 4.79 Å². The monoisotopic (exact) mass is 371 g/mol.